The summed E-state index contributed by atoms with van der Waals surface area (Å²) in [5.41, 5.74) is 9.07. The van der Waals surface area contributed by atoms with Crippen LogP contribution in [-0.4, -0.2) is 38.7 Å². The largest absolute Gasteiger partial charge is 0.497 e. The standard InChI is InChI=1S/C20H25N3O4.ClH/c1-13-10-15(6-9-18(13)23-19(24)12-26-2)22-20(25)17(21)11-14-4-7-16(27-3)8-5-14;/h4-10,17H,11-12,21H2,1-3H3,(H,22,25)(H,23,24);1H/t17-;/m0./s1. The highest BCUT2D eigenvalue weighted by Gasteiger charge is 2.15. The van der Waals surface area contributed by atoms with Crippen LogP contribution in [0.5, 0.6) is 5.75 Å². The van der Waals surface area contributed by atoms with Gasteiger partial charge in [0.2, 0.25) is 11.8 Å². The zero-order valence-corrected chi connectivity index (χ0v) is 17.0. The van der Waals surface area contributed by atoms with Crippen molar-refractivity contribution in [1.82, 2.24) is 0 Å². The second-order valence-corrected chi connectivity index (χ2v) is 6.16. The van der Waals surface area contributed by atoms with Crippen molar-refractivity contribution in [3.8, 4) is 5.75 Å². The maximum atomic E-state index is 12.4. The molecule has 2 rings (SSSR count). The molecule has 8 heteroatoms. The van der Waals surface area contributed by atoms with Crippen molar-refractivity contribution in [2.75, 3.05) is 31.5 Å². The molecule has 28 heavy (non-hydrogen) atoms. The van der Waals surface area contributed by atoms with Crippen LogP contribution in [0.15, 0.2) is 42.5 Å². The zero-order valence-electron chi connectivity index (χ0n) is 16.2. The summed E-state index contributed by atoms with van der Waals surface area (Å²) in [4.78, 5) is 24.0. The van der Waals surface area contributed by atoms with Crippen LogP contribution in [-0.2, 0) is 20.7 Å². The molecule has 0 bridgehead atoms. The van der Waals surface area contributed by atoms with E-state index in [0.29, 0.717) is 17.8 Å². The van der Waals surface area contributed by atoms with Gasteiger partial charge in [0.05, 0.1) is 13.2 Å². The lowest BCUT2D eigenvalue weighted by Crippen LogP contribution is -2.37. The van der Waals surface area contributed by atoms with Crippen molar-refractivity contribution < 1.29 is 19.1 Å². The maximum absolute atomic E-state index is 12.4. The van der Waals surface area contributed by atoms with Crippen molar-refractivity contribution in [2.24, 2.45) is 5.73 Å². The van der Waals surface area contributed by atoms with Crippen LogP contribution in [0.3, 0.4) is 0 Å². The lowest BCUT2D eigenvalue weighted by molar-refractivity contribution is -0.119. The summed E-state index contributed by atoms with van der Waals surface area (Å²) in [6, 6.07) is 12.0. The molecule has 2 amide bonds. The Balaban J connectivity index is 0.00000392. The van der Waals surface area contributed by atoms with E-state index in [1.807, 2.05) is 31.2 Å². The highest BCUT2D eigenvalue weighted by molar-refractivity contribution is 5.96. The first-order valence-electron chi connectivity index (χ1n) is 8.51. The zero-order chi connectivity index (χ0) is 19.8. The number of rotatable bonds is 8. The number of methoxy groups -OCH3 is 2. The van der Waals surface area contributed by atoms with Gasteiger partial charge in [-0.05, 0) is 54.8 Å². The number of nitrogens with two attached hydrogens (primary N) is 1. The van der Waals surface area contributed by atoms with Crippen molar-refractivity contribution in [1.29, 1.82) is 0 Å². The minimum atomic E-state index is -0.681. The first-order valence-corrected chi connectivity index (χ1v) is 8.51. The van der Waals surface area contributed by atoms with Crippen LogP contribution in [0.25, 0.3) is 0 Å². The molecule has 0 saturated carbocycles. The summed E-state index contributed by atoms with van der Waals surface area (Å²) in [6.07, 6.45) is 0.417. The van der Waals surface area contributed by atoms with Crippen molar-refractivity contribution >= 4 is 35.6 Å². The Morgan fingerprint density at radius 2 is 1.75 bits per heavy atom. The van der Waals surface area contributed by atoms with Gasteiger partial charge in [-0.15, -0.1) is 12.4 Å². The predicted molar refractivity (Wildman–Crippen MR) is 112 cm³/mol. The van der Waals surface area contributed by atoms with E-state index in [-0.39, 0.29) is 30.8 Å². The van der Waals surface area contributed by atoms with Crippen LogP contribution in [0.2, 0.25) is 0 Å². The molecule has 0 aromatic heterocycles. The molecular weight excluding hydrogens is 382 g/mol. The number of hydrogen-bond donors (Lipinski definition) is 3. The Bertz CT molecular complexity index is 797. The quantitative estimate of drug-likeness (QED) is 0.624. The third kappa shape index (κ3) is 6.84. The lowest BCUT2D eigenvalue weighted by atomic mass is 10.1. The Labute approximate surface area is 171 Å². The summed E-state index contributed by atoms with van der Waals surface area (Å²) in [6.45, 7) is 1.83. The molecule has 0 fully saturated rings. The molecule has 2 aromatic rings. The van der Waals surface area contributed by atoms with E-state index in [1.54, 1.807) is 25.3 Å². The average molecular weight is 408 g/mol. The highest BCUT2D eigenvalue weighted by atomic mass is 35.5. The van der Waals surface area contributed by atoms with Crippen molar-refractivity contribution in [3.05, 3.63) is 53.6 Å². The smallest absolute Gasteiger partial charge is 0.250 e. The number of benzene rings is 2. The summed E-state index contributed by atoms with van der Waals surface area (Å²) in [5, 5.41) is 5.55. The van der Waals surface area contributed by atoms with E-state index >= 15 is 0 Å². The Hall–Kier alpha value is -2.61. The molecule has 0 aliphatic heterocycles. The molecule has 0 radical (unpaired) electrons. The lowest BCUT2D eigenvalue weighted by Gasteiger charge is -2.14. The van der Waals surface area contributed by atoms with E-state index < -0.39 is 6.04 Å². The predicted octanol–water partition coefficient (Wildman–Crippen LogP) is 2.52. The highest BCUT2D eigenvalue weighted by Crippen LogP contribution is 2.20. The molecule has 0 heterocycles. The van der Waals surface area contributed by atoms with Crippen LogP contribution < -0.4 is 21.1 Å². The first-order chi connectivity index (χ1) is 12.9. The molecule has 0 unspecified atom stereocenters. The number of amides is 2. The molecule has 7 nitrogen and oxygen atoms in total. The van der Waals surface area contributed by atoms with Gasteiger partial charge in [0.15, 0.2) is 0 Å². The van der Waals surface area contributed by atoms with Crippen molar-refractivity contribution in [3.63, 3.8) is 0 Å². The fraction of sp³-hybridized carbons (Fsp3) is 0.300. The molecule has 4 N–H and O–H groups in total. The number of nitrogens with one attached hydrogen (secondary N) is 2. The molecule has 0 spiro atoms. The van der Waals surface area contributed by atoms with Gasteiger partial charge in [0, 0.05) is 18.5 Å². The number of carbonyl (C=O) groups excluding carboxylic acids is 2. The van der Waals surface area contributed by atoms with Gasteiger partial charge in [0.25, 0.3) is 0 Å². The molecular formula is C20H26ClN3O4. The van der Waals surface area contributed by atoms with Gasteiger partial charge in [-0.25, -0.2) is 0 Å². The van der Waals surface area contributed by atoms with Gasteiger partial charge in [0.1, 0.15) is 12.4 Å². The van der Waals surface area contributed by atoms with Gasteiger partial charge in [-0.1, -0.05) is 12.1 Å². The number of carbonyl (C=O) groups is 2. The normalized spacial score (nSPS) is 11.1. The molecule has 2 aromatic carbocycles. The van der Waals surface area contributed by atoms with Gasteiger partial charge in [-0.3, -0.25) is 9.59 Å². The van der Waals surface area contributed by atoms with Gasteiger partial charge < -0.3 is 25.8 Å². The SMILES string of the molecule is COCC(=O)Nc1ccc(NC(=O)[C@@H](N)Cc2ccc(OC)cc2)cc1C.Cl. The van der Waals surface area contributed by atoms with E-state index in [9.17, 15) is 9.59 Å². The van der Waals surface area contributed by atoms with E-state index in [4.69, 9.17) is 15.2 Å². The number of hydrogen-bond acceptors (Lipinski definition) is 5. The maximum Gasteiger partial charge on any atom is 0.250 e. The fourth-order valence-corrected chi connectivity index (χ4v) is 2.54. The minimum Gasteiger partial charge on any atom is -0.497 e. The number of anilines is 2. The molecule has 1 atom stereocenters. The van der Waals surface area contributed by atoms with E-state index in [0.717, 1.165) is 16.9 Å². The third-order valence-corrected chi connectivity index (χ3v) is 3.99. The third-order valence-electron chi connectivity index (χ3n) is 3.99. The van der Waals surface area contributed by atoms with Crippen LogP contribution in [0.4, 0.5) is 11.4 Å². The summed E-state index contributed by atoms with van der Waals surface area (Å²) in [5.74, 6) is 0.241. The molecule has 0 saturated heterocycles. The van der Waals surface area contributed by atoms with Crippen LogP contribution in [0.1, 0.15) is 11.1 Å². The second kappa shape index (κ2) is 11.3. The number of halogens is 1. The molecule has 0 aliphatic carbocycles. The Morgan fingerprint density at radius 3 is 2.32 bits per heavy atom. The second-order valence-electron chi connectivity index (χ2n) is 6.16. The van der Waals surface area contributed by atoms with Crippen LogP contribution >= 0.6 is 12.4 Å². The summed E-state index contributed by atoms with van der Waals surface area (Å²) < 4.78 is 9.91. The molecule has 0 aliphatic rings. The number of aryl methyl sites for hydroxylation is 1. The van der Waals surface area contributed by atoms with Crippen LogP contribution in [0, 0.1) is 6.92 Å². The minimum absolute atomic E-state index is 0. The Kier molecular flexibility index (Phi) is 9.44. The van der Waals surface area contributed by atoms with E-state index in [1.165, 1.54) is 7.11 Å². The van der Waals surface area contributed by atoms with Crippen molar-refractivity contribution in [2.45, 2.75) is 19.4 Å². The average Bonchev–Trinajstić information content (AvgIpc) is 2.64. The van der Waals surface area contributed by atoms with Gasteiger partial charge in [-0.2, -0.15) is 0 Å². The van der Waals surface area contributed by atoms with Gasteiger partial charge >= 0.3 is 0 Å². The Morgan fingerprint density at radius 1 is 1.07 bits per heavy atom. The summed E-state index contributed by atoms with van der Waals surface area (Å²) >= 11 is 0. The summed E-state index contributed by atoms with van der Waals surface area (Å²) in [7, 11) is 3.06. The van der Waals surface area contributed by atoms with E-state index in [2.05, 4.69) is 10.6 Å². The topological polar surface area (TPSA) is 103 Å². The monoisotopic (exact) mass is 407 g/mol. The fourth-order valence-electron chi connectivity index (χ4n) is 2.54. The molecule has 152 valence electrons. The first kappa shape index (κ1) is 23.4. The number of ether oxygens (including phenoxy) is 2.